The van der Waals surface area contributed by atoms with Gasteiger partial charge in [-0.25, -0.2) is 13.6 Å². The Morgan fingerprint density at radius 3 is 2.32 bits per heavy atom. The summed E-state index contributed by atoms with van der Waals surface area (Å²) in [5.41, 5.74) is -1.27. The zero-order chi connectivity index (χ0) is 27.7. The maximum atomic E-state index is 14.0. The highest BCUT2D eigenvalue weighted by Gasteiger charge is 2.55. The van der Waals surface area contributed by atoms with Crippen molar-refractivity contribution in [1.29, 1.82) is 0 Å². The fourth-order valence-electron chi connectivity index (χ4n) is 5.40. The lowest BCUT2D eigenvalue weighted by molar-refractivity contribution is -0.145. The molecule has 9 heteroatoms. The van der Waals surface area contributed by atoms with E-state index in [1.807, 2.05) is 0 Å². The van der Waals surface area contributed by atoms with Crippen molar-refractivity contribution in [2.24, 2.45) is 5.92 Å². The van der Waals surface area contributed by atoms with Crippen molar-refractivity contribution in [3.63, 3.8) is 0 Å². The second-order valence-electron chi connectivity index (χ2n) is 12.1. The third-order valence-corrected chi connectivity index (χ3v) is 6.78. The fraction of sp³-hybridized carbons (Fsp3) is 0.714. The average Bonchev–Trinajstić information content (AvgIpc) is 3.23. The molecule has 0 spiro atoms. The maximum absolute atomic E-state index is 14.0. The van der Waals surface area contributed by atoms with Crippen LogP contribution in [0.25, 0.3) is 0 Å². The number of halogens is 2. The molecule has 0 saturated carbocycles. The fourth-order valence-corrected chi connectivity index (χ4v) is 5.40. The van der Waals surface area contributed by atoms with Gasteiger partial charge in [0, 0.05) is 19.6 Å². The first-order valence-electron chi connectivity index (χ1n) is 13.1. The zero-order valence-electron chi connectivity index (χ0n) is 23.3. The van der Waals surface area contributed by atoms with Crippen LogP contribution in [0.2, 0.25) is 0 Å². The molecule has 2 fully saturated rings. The minimum absolute atomic E-state index is 0.167. The number of hydrogen-bond donors (Lipinski definition) is 0. The highest BCUT2D eigenvalue weighted by Crippen LogP contribution is 2.40. The first-order valence-corrected chi connectivity index (χ1v) is 13.1. The number of benzene rings is 1. The van der Waals surface area contributed by atoms with E-state index < -0.39 is 47.2 Å². The smallest absolute Gasteiger partial charge is 0.410 e. The second kappa shape index (κ2) is 11.2. The van der Waals surface area contributed by atoms with Gasteiger partial charge in [-0.2, -0.15) is 0 Å². The molecular formula is C28H42F2N2O5. The van der Waals surface area contributed by atoms with Crippen LogP contribution in [0.5, 0.6) is 0 Å². The molecule has 0 aliphatic carbocycles. The number of likely N-dealkylation sites (tertiary alicyclic amines) is 1. The van der Waals surface area contributed by atoms with Crippen LogP contribution >= 0.6 is 0 Å². The molecule has 0 bridgehead atoms. The van der Waals surface area contributed by atoms with E-state index in [4.69, 9.17) is 14.2 Å². The van der Waals surface area contributed by atoms with Crippen molar-refractivity contribution in [3.8, 4) is 0 Å². The van der Waals surface area contributed by atoms with Crippen LogP contribution in [-0.4, -0.2) is 70.6 Å². The van der Waals surface area contributed by atoms with Gasteiger partial charge in [0.05, 0.1) is 24.7 Å². The topological polar surface area (TPSA) is 68.3 Å². The van der Waals surface area contributed by atoms with E-state index in [-0.39, 0.29) is 18.4 Å². The Labute approximate surface area is 219 Å². The van der Waals surface area contributed by atoms with Crippen LogP contribution in [0.15, 0.2) is 18.2 Å². The van der Waals surface area contributed by atoms with Gasteiger partial charge in [0.1, 0.15) is 29.1 Å². The molecule has 0 aromatic heterocycles. The van der Waals surface area contributed by atoms with Gasteiger partial charge >= 0.3 is 6.09 Å². The number of nitrogens with zero attached hydrogens (tertiary/aromatic N) is 2. The lowest BCUT2D eigenvalue weighted by Gasteiger charge is -2.34. The molecule has 37 heavy (non-hydrogen) atoms. The zero-order valence-corrected chi connectivity index (χ0v) is 23.3. The Bertz CT molecular complexity index is 958. The van der Waals surface area contributed by atoms with Gasteiger partial charge in [-0.15, -0.1) is 0 Å². The first kappa shape index (κ1) is 29.3. The maximum Gasteiger partial charge on any atom is 0.410 e. The Morgan fingerprint density at radius 1 is 1.16 bits per heavy atom. The van der Waals surface area contributed by atoms with E-state index in [0.717, 1.165) is 12.5 Å². The minimum atomic E-state index is -0.983. The van der Waals surface area contributed by atoms with E-state index in [1.165, 1.54) is 19.1 Å². The Hall–Kier alpha value is -2.26. The van der Waals surface area contributed by atoms with Crippen LogP contribution in [0, 0.1) is 17.6 Å². The third kappa shape index (κ3) is 7.41. The van der Waals surface area contributed by atoms with Crippen LogP contribution in [0.1, 0.15) is 73.8 Å². The lowest BCUT2D eigenvalue weighted by atomic mass is 9.94. The number of rotatable bonds is 7. The van der Waals surface area contributed by atoms with E-state index in [9.17, 15) is 18.4 Å². The Kier molecular flexibility index (Phi) is 8.90. The van der Waals surface area contributed by atoms with Crippen molar-refractivity contribution >= 4 is 12.0 Å². The van der Waals surface area contributed by atoms with Gasteiger partial charge in [0.2, 0.25) is 5.91 Å². The second-order valence-corrected chi connectivity index (χ2v) is 12.1. The summed E-state index contributed by atoms with van der Waals surface area (Å²) < 4.78 is 46.4. The monoisotopic (exact) mass is 524 g/mol. The van der Waals surface area contributed by atoms with Gasteiger partial charge in [-0.1, -0.05) is 13.8 Å². The SMILES string of the molecule is CC(=O)N1C(Cc2cc(F)cc(F)c2)C(C2CC(OCCC(C)C)CN2C(=O)OC(C)(C)C)OC1(C)C. The quantitative estimate of drug-likeness (QED) is 0.484. The molecule has 0 radical (unpaired) electrons. The summed E-state index contributed by atoms with van der Waals surface area (Å²) in [6, 6.07) is 2.34. The number of carbonyl (C=O) groups is 2. The summed E-state index contributed by atoms with van der Waals surface area (Å²) >= 11 is 0. The molecule has 3 rings (SSSR count). The van der Waals surface area contributed by atoms with E-state index in [2.05, 4.69) is 13.8 Å². The summed E-state index contributed by atoms with van der Waals surface area (Å²) in [5.74, 6) is -1.11. The molecule has 2 saturated heterocycles. The van der Waals surface area contributed by atoms with Crippen LogP contribution in [0.3, 0.4) is 0 Å². The number of ether oxygens (including phenoxy) is 3. The predicted octanol–water partition coefficient (Wildman–Crippen LogP) is 5.30. The number of hydrogen-bond acceptors (Lipinski definition) is 5. The number of carbonyl (C=O) groups excluding carboxylic acids is 2. The van der Waals surface area contributed by atoms with Gasteiger partial charge in [-0.3, -0.25) is 9.69 Å². The molecule has 4 atom stereocenters. The molecule has 208 valence electrons. The largest absolute Gasteiger partial charge is 0.444 e. The average molecular weight is 525 g/mol. The molecule has 2 aliphatic rings. The molecule has 4 unspecified atom stereocenters. The molecule has 7 nitrogen and oxygen atoms in total. The van der Waals surface area contributed by atoms with Gasteiger partial charge < -0.3 is 19.1 Å². The van der Waals surface area contributed by atoms with Crippen LogP contribution < -0.4 is 0 Å². The summed E-state index contributed by atoms with van der Waals surface area (Å²) in [7, 11) is 0. The first-order chi connectivity index (χ1) is 17.1. The summed E-state index contributed by atoms with van der Waals surface area (Å²) in [6.45, 7) is 15.6. The van der Waals surface area contributed by atoms with Gasteiger partial charge in [-0.05, 0) is 77.5 Å². The molecule has 2 amide bonds. The van der Waals surface area contributed by atoms with Crippen LogP contribution in [0.4, 0.5) is 13.6 Å². The van der Waals surface area contributed by atoms with Crippen LogP contribution in [-0.2, 0) is 25.4 Å². The predicted molar refractivity (Wildman–Crippen MR) is 136 cm³/mol. The molecule has 1 aromatic carbocycles. The molecule has 2 aliphatic heterocycles. The van der Waals surface area contributed by atoms with Crippen molar-refractivity contribution < 1.29 is 32.6 Å². The molecular weight excluding hydrogens is 482 g/mol. The molecule has 0 N–H and O–H groups in total. The standard InChI is InChI=1S/C28H42F2N2O5/c1-17(2)9-10-35-22-15-23(31(16-22)26(34)37-27(4,5)6)25-24(32(18(3)33)28(7,8)36-25)13-19-11-20(29)14-21(30)12-19/h11-12,14,17,22-25H,9-10,13,15-16H2,1-8H3. The highest BCUT2D eigenvalue weighted by atomic mass is 19.1. The number of amides is 2. The molecule has 2 heterocycles. The van der Waals surface area contributed by atoms with E-state index in [0.29, 0.717) is 31.1 Å². The Morgan fingerprint density at radius 2 is 1.78 bits per heavy atom. The van der Waals surface area contributed by atoms with Crippen molar-refractivity contribution in [2.75, 3.05) is 13.2 Å². The van der Waals surface area contributed by atoms with Crippen molar-refractivity contribution in [1.82, 2.24) is 9.80 Å². The highest BCUT2D eigenvalue weighted by molar-refractivity contribution is 5.75. The summed E-state index contributed by atoms with van der Waals surface area (Å²) in [5, 5.41) is 0. The minimum Gasteiger partial charge on any atom is -0.444 e. The van der Waals surface area contributed by atoms with E-state index in [1.54, 1.807) is 44.4 Å². The van der Waals surface area contributed by atoms with E-state index >= 15 is 0 Å². The van der Waals surface area contributed by atoms with Crippen molar-refractivity contribution in [2.45, 2.75) is 110 Å². The lowest BCUT2D eigenvalue weighted by Crippen LogP contribution is -2.52. The Balaban J connectivity index is 1.95. The van der Waals surface area contributed by atoms with Gasteiger partial charge in [0.25, 0.3) is 0 Å². The molecule has 1 aromatic rings. The van der Waals surface area contributed by atoms with Gasteiger partial charge in [0.15, 0.2) is 0 Å². The van der Waals surface area contributed by atoms with Crippen molar-refractivity contribution in [3.05, 3.63) is 35.4 Å². The normalized spacial score (nSPS) is 25.7. The summed E-state index contributed by atoms with van der Waals surface area (Å²) in [4.78, 5) is 29.3. The summed E-state index contributed by atoms with van der Waals surface area (Å²) in [6.07, 6.45) is 0.244. The third-order valence-electron chi connectivity index (χ3n) is 6.78.